The minimum Gasteiger partial charge on any atom is -0.366 e. The predicted octanol–water partition coefficient (Wildman–Crippen LogP) is 1.02. The molecule has 3 rings (SSSR count). The van der Waals surface area contributed by atoms with Gasteiger partial charge in [-0.05, 0) is 19.3 Å². The average Bonchev–Trinajstić information content (AvgIpc) is 2.89. The van der Waals surface area contributed by atoms with Crippen LogP contribution in [0.3, 0.4) is 0 Å². The van der Waals surface area contributed by atoms with E-state index in [9.17, 15) is 0 Å². The maximum atomic E-state index is 5.66. The Morgan fingerprint density at radius 3 is 3.06 bits per heavy atom. The molecule has 1 aliphatic heterocycles. The molecular weight excluding hydrogens is 232 g/mol. The molecule has 0 aromatic carbocycles. The summed E-state index contributed by atoms with van der Waals surface area (Å²) in [6.07, 6.45) is 8.52. The van der Waals surface area contributed by atoms with Crippen molar-refractivity contribution in [3.05, 3.63) is 18.6 Å². The average molecular weight is 246 g/mol. The van der Waals surface area contributed by atoms with E-state index in [-0.39, 0.29) is 12.2 Å². The summed E-state index contributed by atoms with van der Waals surface area (Å²) in [5, 5.41) is 11.7. The number of hydrogen-bond acceptors (Lipinski definition) is 6. The highest BCUT2D eigenvalue weighted by atomic mass is 16.5. The third kappa shape index (κ3) is 2.17. The van der Waals surface area contributed by atoms with Crippen LogP contribution in [0.4, 0.5) is 5.95 Å². The molecule has 3 heterocycles. The Kier molecular flexibility index (Phi) is 2.89. The number of ether oxygens (including phenoxy) is 1. The van der Waals surface area contributed by atoms with Crippen LogP contribution in [0.2, 0.25) is 0 Å². The fraction of sp³-hybridized carbons (Fsp3) is 0.455. The van der Waals surface area contributed by atoms with E-state index in [0.717, 1.165) is 25.0 Å². The Morgan fingerprint density at radius 2 is 2.28 bits per heavy atom. The van der Waals surface area contributed by atoms with Crippen molar-refractivity contribution in [1.29, 1.82) is 0 Å². The van der Waals surface area contributed by atoms with E-state index in [0.29, 0.717) is 5.69 Å². The van der Waals surface area contributed by atoms with Gasteiger partial charge in [-0.25, -0.2) is 9.67 Å². The predicted molar refractivity (Wildman–Crippen MR) is 64.3 cm³/mol. The van der Waals surface area contributed by atoms with Gasteiger partial charge in [-0.3, -0.25) is 0 Å². The van der Waals surface area contributed by atoms with Gasteiger partial charge in [0, 0.05) is 18.4 Å². The first-order chi connectivity index (χ1) is 8.83. The fourth-order valence-corrected chi connectivity index (χ4v) is 2.02. The van der Waals surface area contributed by atoms with Gasteiger partial charge >= 0.3 is 0 Å². The maximum absolute atomic E-state index is 5.66. The first-order valence-electron chi connectivity index (χ1n) is 5.94. The van der Waals surface area contributed by atoms with Gasteiger partial charge in [0.25, 0.3) is 0 Å². The number of nitrogen functional groups attached to an aromatic ring is 1. The van der Waals surface area contributed by atoms with Crippen LogP contribution in [-0.2, 0) is 4.74 Å². The van der Waals surface area contributed by atoms with E-state index >= 15 is 0 Å². The number of nitrogens with two attached hydrogens (primary N) is 1. The van der Waals surface area contributed by atoms with Crippen molar-refractivity contribution in [1.82, 2.24) is 25.0 Å². The molecule has 94 valence electrons. The monoisotopic (exact) mass is 246 g/mol. The van der Waals surface area contributed by atoms with Crippen LogP contribution >= 0.6 is 0 Å². The summed E-state index contributed by atoms with van der Waals surface area (Å²) in [7, 11) is 0. The second-order valence-corrected chi connectivity index (χ2v) is 4.23. The van der Waals surface area contributed by atoms with E-state index in [4.69, 9.17) is 10.5 Å². The molecule has 2 aromatic heterocycles. The summed E-state index contributed by atoms with van der Waals surface area (Å²) in [5.74, 6) is 0.161. The minimum absolute atomic E-state index is 0.0274. The molecule has 1 saturated heterocycles. The topological polar surface area (TPSA) is 91.7 Å². The molecule has 18 heavy (non-hydrogen) atoms. The molecule has 0 radical (unpaired) electrons. The standard InChI is InChI=1S/C11H14N6O/c12-11-15-9(6-13-16-11)8-5-14-17(7-8)10-3-1-2-4-18-10/h5-7,10H,1-4H2,(H2,12,15,16). The SMILES string of the molecule is Nc1nncc(-c2cnn(C3CCCCO3)c2)n1. The summed E-state index contributed by atoms with van der Waals surface area (Å²) < 4.78 is 7.49. The molecule has 1 unspecified atom stereocenters. The van der Waals surface area contributed by atoms with Crippen molar-refractivity contribution in [2.75, 3.05) is 12.3 Å². The van der Waals surface area contributed by atoms with Crippen LogP contribution < -0.4 is 5.73 Å². The number of nitrogens with zero attached hydrogens (tertiary/aromatic N) is 5. The van der Waals surface area contributed by atoms with Gasteiger partial charge in [0.2, 0.25) is 5.95 Å². The highest BCUT2D eigenvalue weighted by Crippen LogP contribution is 2.24. The van der Waals surface area contributed by atoms with Crippen LogP contribution in [0.25, 0.3) is 11.3 Å². The molecule has 0 bridgehead atoms. The normalized spacial score (nSPS) is 19.9. The number of aromatic nitrogens is 5. The first-order valence-corrected chi connectivity index (χ1v) is 5.94. The number of anilines is 1. The van der Waals surface area contributed by atoms with Gasteiger partial charge in [-0.1, -0.05) is 0 Å². The molecule has 0 amide bonds. The Balaban J connectivity index is 1.84. The van der Waals surface area contributed by atoms with Gasteiger partial charge < -0.3 is 10.5 Å². The highest BCUT2D eigenvalue weighted by molar-refractivity contribution is 5.56. The van der Waals surface area contributed by atoms with Crippen LogP contribution in [0, 0.1) is 0 Å². The third-order valence-electron chi connectivity index (χ3n) is 2.92. The zero-order valence-corrected chi connectivity index (χ0v) is 9.86. The molecule has 7 nitrogen and oxygen atoms in total. The number of rotatable bonds is 2. The van der Waals surface area contributed by atoms with Crippen molar-refractivity contribution >= 4 is 5.95 Å². The van der Waals surface area contributed by atoms with Crippen molar-refractivity contribution in [3.63, 3.8) is 0 Å². The van der Waals surface area contributed by atoms with Crippen molar-refractivity contribution in [2.24, 2.45) is 0 Å². The third-order valence-corrected chi connectivity index (χ3v) is 2.92. The van der Waals surface area contributed by atoms with Crippen molar-refractivity contribution < 1.29 is 4.74 Å². The largest absolute Gasteiger partial charge is 0.366 e. The van der Waals surface area contributed by atoms with E-state index in [1.807, 2.05) is 10.9 Å². The lowest BCUT2D eigenvalue weighted by atomic mass is 10.2. The van der Waals surface area contributed by atoms with Gasteiger partial charge in [-0.15, -0.1) is 5.10 Å². The summed E-state index contributed by atoms with van der Waals surface area (Å²) in [6.45, 7) is 0.794. The molecule has 0 spiro atoms. The molecule has 7 heteroatoms. The molecule has 2 N–H and O–H groups in total. The van der Waals surface area contributed by atoms with E-state index in [1.54, 1.807) is 12.4 Å². The summed E-state index contributed by atoms with van der Waals surface area (Å²) in [6, 6.07) is 0. The van der Waals surface area contributed by atoms with Crippen LogP contribution in [0.1, 0.15) is 25.5 Å². The van der Waals surface area contributed by atoms with Gasteiger partial charge in [0.05, 0.1) is 18.1 Å². The van der Waals surface area contributed by atoms with E-state index in [2.05, 4.69) is 20.3 Å². The first kappa shape index (κ1) is 11.1. The molecule has 0 saturated carbocycles. The Morgan fingerprint density at radius 1 is 1.33 bits per heavy atom. The summed E-state index contributed by atoms with van der Waals surface area (Å²) in [5.41, 5.74) is 7.05. The second-order valence-electron chi connectivity index (χ2n) is 4.23. The Hall–Kier alpha value is -2.02. The minimum atomic E-state index is 0.0274. The maximum Gasteiger partial charge on any atom is 0.240 e. The zero-order valence-electron chi connectivity index (χ0n) is 9.86. The second kappa shape index (κ2) is 4.69. The smallest absolute Gasteiger partial charge is 0.240 e. The number of hydrogen-bond donors (Lipinski definition) is 1. The van der Waals surface area contributed by atoms with E-state index in [1.165, 1.54) is 6.42 Å². The lowest BCUT2D eigenvalue weighted by molar-refractivity contribution is -0.0394. The lowest BCUT2D eigenvalue weighted by Gasteiger charge is -2.22. The molecule has 1 aliphatic rings. The van der Waals surface area contributed by atoms with Crippen molar-refractivity contribution in [2.45, 2.75) is 25.5 Å². The van der Waals surface area contributed by atoms with Gasteiger partial charge in [0.1, 0.15) is 6.23 Å². The van der Waals surface area contributed by atoms with Gasteiger partial charge in [0.15, 0.2) is 0 Å². The highest BCUT2D eigenvalue weighted by Gasteiger charge is 2.17. The quantitative estimate of drug-likeness (QED) is 0.850. The Labute approximate surface area is 104 Å². The van der Waals surface area contributed by atoms with Crippen molar-refractivity contribution in [3.8, 4) is 11.3 Å². The molecular formula is C11H14N6O. The molecule has 2 aromatic rings. The molecule has 1 fully saturated rings. The lowest BCUT2D eigenvalue weighted by Crippen LogP contribution is -2.18. The fourth-order valence-electron chi connectivity index (χ4n) is 2.02. The van der Waals surface area contributed by atoms with Gasteiger partial charge in [-0.2, -0.15) is 10.2 Å². The van der Waals surface area contributed by atoms with E-state index < -0.39 is 0 Å². The van der Waals surface area contributed by atoms with Crippen LogP contribution in [0.15, 0.2) is 18.6 Å². The van der Waals surface area contributed by atoms with Crippen LogP contribution in [-0.4, -0.2) is 31.6 Å². The summed E-state index contributed by atoms with van der Waals surface area (Å²) in [4.78, 5) is 4.11. The van der Waals surface area contributed by atoms with Crippen LogP contribution in [0.5, 0.6) is 0 Å². The summed E-state index contributed by atoms with van der Waals surface area (Å²) >= 11 is 0. The zero-order chi connectivity index (χ0) is 12.4. The Bertz CT molecular complexity index is 534. The molecule has 1 atom stereocenters. The molecule has 0 aliphatic carbocycles.